The lowest BCUT2D eigenvalue weighted by atomic mass is 9.83. The Kier molecular flexibility index (Phi) is 9.29. The molecule has 0 radical (unpaired) electrons. The van der Waals surface area contributed by atoms with Crippen LogP contribution >= 0.6 is 0 Å². The van der Waals surface area contributed by atoms with Crippen LogP contribution in [-0.4, -0.2) is 29.2 Å². The third-order valence-corrected chi connectivity index (χ3v) is 6.43. The van der Waals surface area contributed by atoms with Gasteiger partial charge in [0.25, 0.3) is 0 Å². The van der Waals surface area contributed by atoms with Crippen LogP contribution < -0.4 is 10.6 Å². The predicted octanol–water partition coefficient (Wildman–Crippen LogP) is 6.79. The number of fused-ring (bicyclic) bond motifs is 1. The summed E-state index contributed by atoms with van der Waals surface area (Å²) < 4.78 is 45.4. The zero-order valence-corrected chi connectivity index (χ0v) is 20.6. The number of rotatable bonds is 5. The van der Waals surface area contributed by atoms with Gasteiger partial charge in [0.2, 0.25) is 5.91 Å². The zero-order valence-electron chi connectivity index (χ0n) is 20.6. The highest BCUT2D eigenvalue weighted by atomic mass is 19.4. The van der Waals surface area contributed by atoms with Gasteiger partial charge in [0.05, 0.1) is 11.6 Å². The van der Waals surface area contributed by atoms with E-state index in [0.29, 0.717) is 16.8 Å². The van der Waals surface area contributed by atoms with Crippen molar-refractivity contribution < 1.29 is 32.3 Å². The van der Waals surface area contributed by atoms with Crippen molar-refractivity contribution in [1.29, 1.82) is 5.26 Å². The SMILES string of the molecule is Cc1cc(NC(=O)[C@@H](Nc2ccc(C#N)c3ccccc23)C2CCCCC2)ccc1F.O=C(O)C(F)(F)F. The van der Waals surface area contributed by atoms with Gasteiger partial charge in [-0.15, -0.1) is 0 Å². The Balaban J connectivity index is 0.000000505. The van der Waals surface area contributed by atoms with E-state index >= 15 is 0 Å². The summed E-state index contributed by atoms with van der Waals surface area (Å²) in [5.74, 6) is -2.95. The first-order valence-corrected chi connectivity index (χ1v) is 12.1. The van der Waals surface area contributed by atoms with E-state index in [9.17, 15) is 27.6 Å². The van der Waals surface area contributed by atoms with Crippen LogP contribution in [0.1, 0.15) is 43.2 Å². The molecule has 38 heavy (non-hydrogen) atoms. The van der Waals surface area contributed by atoms with Gasteiger partial charge in [0, 0.05) is 22.1 Å². The standard InChI is InChI=1S/C26H26FN3O.C2HF3O2/c1-17-15-20(12-13-23(17)27)29-26(31)25(18-7-3-2-4-8-18)30-24-14-11-19(16-28)21-9-5-6-10-22(21)24;3-2(4,5)1(6)7/h5-6,9-15,18,25,30H,2-4,7-8H2,1H3,(H,29,31);(H,6,7)/t25-;/m0./s1. The minimum absolute atomic E-state index is 0.119. The van der Waals surface area contributed by atoms with Crippen molar-refractivity contribution in [3.8, 4) is 6.07 Å². The lowest BCUT2D eigenvalue weighted by Crippen LogP contribution is -2.41. The van der Waals surface area contributed by atoms with Gasteiger partial charge in [-0.25, -0.2) is 9.18 Å². The average Bonchev–Trinajstić information content (AvgIpc) is 2.89. The average molecular weight is 530 g/mol. The van der Waals surface area contributed by atoms with E-state index in [-0.39, 0.29) is 17.6 Å². The first-order valence-electron chi connectivity index (χ1n) is 12.1. The number of nitrogens with zero attached hydrogens (tertiary/aromatic N) is 1. The van der Waals surface area contributed by atoms with Gasteiger partial charge < -0.3 is 15.7 Å². The Labute approximate surface area is 217 Å². The predicted molar refractivity (Wildman–Crippen MR) is 136 cm³/mol. The highest BCUT2D eigenvalue weighted by Gasteiger charge is 2.38. The normalized spacial score (nSPS) is 14.5. The van der Waals surface area contributed by atoms with Crippen LogP contribution in [0, 0.1) is 30.0 Å². The summed E-state index contributed by atoms with van der Waals surface area (Å²) >= 11 is 0. The van der Waals surface area contributed by atoms with Crippen LogP contribution in [0.5, 0.6) is 0 Å². The minimum Gasteiger partial charge on any atom is -0.475 e. The maximum Gasteiger partial charge on any atom is 0.490 e. The molecular formula is C28H27F4N3O3. The van der Waals surface area contributed by atoms with Gasteiger partial charge in [0.1, 0.15) is 11.9 Å². The quantitative estimate of drug-likeness (QED) is 0.316. The minimum atomic E-state index is -5.08. The smallest absolute Gasteiger partial charge is 0.475 e. The topological polar surface area (TPSA) is 102 Å². The molecule has 1 amide bonds. The third kappa shape index (κ3) is 7.22. The van der Waals surface area contributed by atoms with E-state index < -0.39 is 18.2 Å². The molecule has 0 spiro atoms. The number of carbonyl (C=O) groups is 2. The maximum absolute atomic E-state index is 13.6. The summed E-state index contributed by atoms with van der Waals surface area (Å²) in [5, 5.41) is 24.8. The Morgan fingerprint density at radius 2 is 1.66 bits per heavy atom. The van der Waals surface area contributed by atoms with Crippen molar-refractivity contribution in [1.82, 2.24) is 0 Å². The molecule has 3 aromatic carbocycles. The van der Waals surface area contributed by atoms with Crippen molar-refractivity contribution in [2.45, 2.75) is 51.2 Å². The Bertz CT molecular complexity index is 1350. The van der Waals surface area contributed by atoms with Gasteiger partial charge in [-0.1, -0.05) is 43.5 Å². The molecule has 0 bridgehead atoms. The van der Waals surface area contributed by atoms with Crippen LogP contribution in [0.3, 0.4) is 0 Å². The first kappa shape index (κ1) is 28.4. The van der Waals surface area contributed by atoms with Gasteiger partial charge in [-0.05, 0) is 61.6 Å². The van der Waals surface area contributed by atoms with Gasteiger partial charge >= 0.3 is 12.1 Å². The fraction of sp³-hybridized carbons (Fsp3) is 0.321. The number of halogens is 4. The molecule has 1 saturated carbocycles. The maximum atomic E-state index is 13.6. The van der Waals surface area contributed by atoms with E-state index in [0.717, 1.165) is 42.1 Å². The molecular weight excluding hydrogens is 502 g/mol. The fourth-order valence-electron chi connectivity index (χ4n) is 4.50. The second-order valence-corrected chi connectivity index (χ2v) is 9.09. The fourth-order valence-corrected chi connectivity index (χ4v) is 4.50. The number of aryl methyl sites for hydroxylation is 1. The zero-order chi connectivity index (χ0) is 27.9. The van der Waals surface area contributed by atoms with E-state index in [1.54, 1.807) is 25.1 Å². The highest BCUT2D eigenvalue weighted by molar-refractivity contribution is 6.01. The molecule has 0 aliphatic heterocycles. The van der Waals surface area contributed by atoms with Crippen LogP contribution in [0.25, 0.3) is 10.8 Å². The Morgan fingerprint density at radius 1 is 1.03 bits per heavy atom. The molecule has 1 fully saturated rings. The van der Waals surface area contributed by atoms with Crippen molar-refractivity contribution >= 4 is 34.0 Å². The number of carbonyl (C=O) groups excluding carboxylic acids is 1. The Morgan fingerprint density at radius 3 is 2.24 bits per heavy atom. The number of carboxylic acids is 1. The molecule has 0 heterocycles. The van der Waals surface area contributed by atoms with Crippen LogP contribution in [0.2, 0.25) is 0 Å². The van der Waals surface area contributed by atoms with Gasteiger partial charge in [-0.3, -0.25) is 4.79 Å². The summed E-state index contributed by atoms with van der Waals surface area (Å²) in [6, 6.07) is 17.9. The molecule has 1 aliphatic rings. The largest absolute Gasteiger partial charge is 0.490 e. The number of hydrogen-bond acceptors (Lipinski definition) is 4. The molecule has 10 heteroatoms. The molecule has 0 saturated heterocycles. The number of hydrogen-bond donors (Lipinski definition) is 3. The van der Waals surface area contributed by atoms with Crippen LogP contribution in [0.15, 0.2) is 54.6 Å². The molecule has 200 valence electrons. The first-order chi connectivity index (χ1) is 18.0. The summed E-state index contributed by atoms with van der Waals surface area (Å²) in [4.78, 5) is 22.2. The molecule has 1 aliphatic carbocycles. The monoisotopic (exact) mass is 529 g/mol. The number of anilines is 2. The summed E-state index contributed by atoms with van der Waals surface area (Å²) in [7, 11) is 0. The number of carboxylic acid groups (broad SMARTS) is 1. The number of nitriles is 1. The van der Waals surface area contributed by atoms with Crippen molar-refractivity contribution in [3.05, 3.63) is 71.5 Å². The van der Waals surface area contributed by atoms with Crippen molar-refractivity contribution in [2.75, 3.05) is 10.6 Å². The molecule has 3 N–H and O–H groups in total. The molecule has 6 nitrogen and oxygen atoms in total. The molecule has 0 unspecified atom stereocenters. The Hall–Kier alpha value is -4.13. The van der Waals surface area contributed by atoms with Gasteiger partial charge in [-0.2, -0.15) is 18.4 Å². The van der Waals surface area contributed by atoms with Crippen LogP contribution in [0.4, 0.5) is 28.9 Å². The highest BCUT2D eigenvalue weighted by Crippen LogP contribution is 2.32. The van der Waals surface area contributed by atoms with Crippen molar-refractivity contribution in [3.63, 3.8) is 0 Å². The van der Waals surface area contributed by atoms with Gasteiger partial charge in [0.15, 0.2) is 0 Å². The number of amides is 1. The summed E-state index contributed by atoms with van der Waals surface area (Å²) in [6.07, 6.45) is 0.311. The van der Waals surface area contributed by atoms with E-state index in [1.807, 2.05) is 30.3 Å². The van der Waals surface area contributed by atoms with E-state index in [2.05, 4.69) is 16.7 Å². The third-order valence-electron chi connectivity index (χ3n) is 6.43. The lowest BCUT2D eigenvalue weighted by molar-refractivity contribution is -0.192. The second kappa shape index (κ2) is 12.4. The number of aliphatic carboxylic acids is 1. The second-order valence-electron chi connectivity index (χ2n) is 9.09. The number of benzene rings is 3. The summed E-state index contributed by atoms with van der Waals surface area (Å²) in [6.45, 7) is 1.69. The van der Waals surface area contributed by atoms with E-state index in [1.165, 1.54) is 12.5 Å². The van der Waals surface area contributed by atoms with Crippen LogP contribution in [-0.2, 0) is 9.59 Å². The molecule has 0 aromatic heterocycles. The van der Waals surface area contributed by atoms with E-state index in [4.69, 9.17) is 9.90 Å². The lowest BCUT2D eigenvalue weighted by Gasteiger charge is -2.31. The number of nitrogens with one attached hydrogen (secondary N) is 2. The number of alkyl halides is 3. The molecule has 1 atom stereocenters. The summed E-state index contributed by atoms with van der Waals surface area (Å²) in [5.41, 5.74) is 2.55. The van der Waals surface area contributed by atoms with Crippen molar-refractivity contribution in [2.24, 2.45) is 5.92 Å². The molecule has 4 rings (SSSR count). The molecule has 3 aromatic rings.